The van der Waals surface area contributed by atoms with Crippen LogP contribution in [0.15, 0.2) is 267 Å². The van der Waals surface area contributed by atoms with E-state index >= 15 is 0 Å². The molecule has 1 aliphatic rings. The molecule has 0 spiro atoms. The predicted molar refractivity (Wildman–Crippen MR) is 306 cm³/mol. The summed E-state index contributed by atoms with van der Waals surface area (Å²) >= 11 is 0. The van der Waals surface area contributed by atoms with E-state index in [0.29, 0.717) is 0 Å². The number of anilines is 3. The zero-order valence-corrected chi connectivity index (χ0v) is 43.5. The van der Waals surface area contributed by atoms with Crippen LogP contribution in [0.2, 0.25) is 0 Å². The number of fused-ring (bicyclic) bond motifs is 7. The van der Waals surface area contributed by atoms with Crippen molar-refractivity contribution in [3.05, 3.63) is 301 Å². The van der Waals surface area contributed by atoms with Gasteiger partial charge in [0.1, 0.15) is 13.7 Å². The van der Waals surface area contributed by atoms with Crippen molar-refractivity contribution in [2.45, 2.75) is 5.41 Å². The monoisotopic (exact) mass is 1070 g/mol. The summed E-state index contributed by atoms with van der Waals surface area (Å²) < 4.78 is 4.53. The van der Waals surface area contributed by atoms with Gasteiger partial charge in [-0.2, -0.15) is 23.4 Å². The van der Waals surface area contributed by atoms with Crippen molar-refractivity contribution in [3.8, 4) is 17.1 Å². The van der Waals surface area contributed by atoms with Gasteiger partial charge in [-0.05, 0) is 63.5 Å². The van der Waals surface area contributed by atoms with Gasteiger partial charge in [-0.15, -0.1) is 41.1 Å². The number of para-hydroxylation sites is 5. The van der Waals surface area contributed by atoms with E-state index in [1.165, 1.54) is 27.1 Å². The molecule has 0 fully saturated rings. The van der Waals surface area contributed by atoms with E-state index in [1.54, 1.807) is 0 Å². The summed E-state index contributed by atoms with van der Waals surface area (Å²) in [5, 5.41) is 6.90. The molecular weight excluding hydrogens is 1020 g/mol. The first kappa shape index (κ1) is 46.1. The van der Waals surface area contributed by atoms with Crippen molar-refractivity contribution in [1.82, 2.24) is 19.1 Å². The van der Waals surface area contributed by atoms with E-state index in [4.69, 9.17) is 9.97 Å². The molecule has 0 saturated heterocycles. The maximum Gasteiger partial charge on any atom is 2.00 e. The minimum absolute atomic E-state index is 0. The van der Waals surface area contributed by atoms with Crippen LogP contribution in [-0.4, -0.2) is 27.2 Å². The molecule has 4 heterocycles. The zero-order chi connectivity index (χ0) is 49.2. The summed E-state index contributed by atoms with van der Waals surface area (Å²) in [5.74, 6) is 0.880. The smallest absolute Gasteiger partial charge is 0.367 e. The van der Waals surface area contributed by atoms with E-state index in [9.17, 15) is 0 Å². The van der Waals surface area contributed by atoms with Crippen LogP contribution in [0.5, 0.6) is 0 Å². The normalized spacial score (nSPS) is 12.8. The average Bonchev–Trinajstić information content (AvgIpc) is 4.07. The van der Waals surface area contributed by atoms with Crippen molar-refractivity contribution >= 4 is 78.9 Å². The molecule has 0 saturated carbocycles. The van der Waals surface area contributed by atoms with Crippen molar-refractivity contribution in [3.63, 3.8) is 0 Å². The standard InChI is InChI=1S/C68H47N5Si.Pd/c1-71-63-44-22-19-41-60(63)70-66(71)48-25-23-37-55(45-48)74(53-33-13-5-14-34-53,54-35-15-6-16-36-54)56-38-24-32-52(46-56)73-61-42-20-17-39-57(61)64-65-59(47-69-67(64)73)68(49-26-7-2-8-27-49,50-28-9-3-10-29-50)58-40-18-21-43-62(58)72(65)51-30-11-4-12-31-51;/h2-44,47H,1H3;/q-2;+2. The first-order valence-electron chi connectivity index (χ1n) is 25.2. The molecule has 3 aromatic heterocycles. The molecule has 1 aliphatic heterocycles. The van der Waals surface area contributed by atoms with Gasteiger partial charge in [0.2, 0.25) is 0 Å². The van der Waals surface area contributed by atoms with Gasteiger partial charge in [-0.25, -0.2) is 4.98 Å². The van der Waals surface area contributed by atoms with Crippen LogP contribution < -0.4 is 25.6 Å². The molecule has 358 valence electrons. The fourth-order valence-electron chi connectivity index (χ4n) is 12.2. The Morgan fingerprint density at radius 1 is 0.480 bits per heavy atom. The second-order valence-electron chi connectivity index (χ2n) is 19.1. The minimum Gasteiger partial charge on any atom is -0.367 e. The topological polar surface area (TPSA) is 38.9 Å². The number of aromatic nitrogens is 4. The molecule has 5 nitrogen and oxygen atoms in total. The van der Waals surface area contributed by atoms with Gasteiger partial charge in [0.05, 0.1) is 44.6 Å². The minimum atomic E-state index is -3.20. The van der Waals surface area contributed by atoms with E-state index in [-0.39, 0.29) is 20.4 Å². The molecule has 0 atom stereocenters. The fraction of sp³-hybridized carbons (Fsp3) is 0.0294. The first-order valence-corrected chi connectivity index (χ1v) is 27.2. The van der Waals surface area contributed by atoms with Crippen LogP contribution in [0.3, 0.4) is 0 Å². The third kappa shape index (κ3) is 7.00. The SMILES string of the molecule is Cn1c(-c2[c-]c([Si](c3[c-]c(-n4c5ccccc5c5c6c(cnc54)C(c4ccccc4)(c4ccccc4)c4ccccc4N6c4ccccc4)ccc3)(c3ccccc3)c3ccccc3)ccc2)nc2ccccc21.[Pd+2]. The fourth-order valence-corrected chi connectivity index (χ4v) is 16.8. The van der Waals surface area contributed by atoms with Crippen LogP contribution in [0.25, 0.3) is 50.0 Å². The van der Waals surface area contributed by atoms with E-state index in [0.717, 1.165) is 83.0 Å². The Morgan fingerprint density at radius 3 is 1.69 bits per heavy atom. The largest absolute Gasteiger partial charge is 2.00 e. The maximum atomic E-state index is 5.71. The Morgan fingerprint density at radius 2 is 1.03 bits per heavy atom. The van der Waals surface area contributed by atoms with Gasteiger partial charge in [0.15, 0.2) is 0 Å². The van der Waals surface area contributed by atoms with Crippen molar-refractivity contribution in [2.24, 2.45) is 7.05 Å². The molecule has 7 heteroatoms. The van der Waals surface area contributed by atoms with Crippen molar-refractivity contribution in [1.29, 1.82) is 0 Å². The first-order chi connectivity index (χ1) is 36.7. The number of hydrogen-bond donors (Lipinski definition) is 0. The third-order valence-electron chi connectivity index (χ3n) is 15.3. The second kappa shape index (κ2) is 18.7. The Balaban J connectivity index is 0.00000541. The molecule has 0 amide bonds. The predicted octanol–water partition coefficient (Wildman–Crippen LogP) is 12.9. The molecule has 13 aromatic rings. The van der Waals surface area contributed by atoms with Crippen LogP contribution in [0.1, 0.15) is 22.3 Å². The van der Waals surface area contributed by atoms with Gasteiger partial charge in [-0.1, -0.05) is 194 Å². The van der Waals surface area contributed by atoms with Gasteiger partial charge >= 0.3 is 20.4 Å². The van der Waals surface area contributed by atoms with Crippen LogP contribution in [-0.2, 0) is 32.9 Å². The summed E-state index contributed by atoms with van der Waals surface area (Å²) in [5.41, 5.74) is 13.1. The number of benzene rings is 10. The number of rotatable bonds is 9. The van der Waals surface area contributed by atoms with Crippen molar-refractivity contribution < 1.29 is 20.4 Å². The van der Waals surface area contributed by atoms with E-state index in [2.05, 4.69) is 294 Å². The molecule has 0 unspecified atom stereocenters. The quantitative estimate of drug-likeness (QED) is 0.0821. The van der Waals surface area contributed by atoms with Crippen molar-refractivity contribution in [2.75, 3.05) is 4.90 Å². The number of pyridine rings is 1. The summed E-state index contributed by atoms with van der Waals surface area (Å²) in [4.78, 5) is 13.3. The Bertz CT molecular complexity index is 4140. The second-order valence-corrected chi connectivity index (χ2v) is 22.9. The number of aryl methyl sites for hydroxylation is 1. The molecule has 75 heavy (non-hydrogen) atoms. The van der Waals surface area contributed by atoms with Gasteiger partial charge in [0.25, 0.3) is 0 Å². The van der Waals surface area contributed by atoms with E-state index < -0.39 is 13.5 Å². The summed E-state index contributed by atoms with van der Waals surface area (Å²) in [7, 11) is -1.11. The molecule has 0 radical (unpaired) electrons. The Hall–Kier alpha value is -8.70. The average molecular weight is 1070 g/mol. The third-order valence-corrected chi connectivity index (χ3v) is 19.9. The molecule has 0 aliphatic carbocycles. The summed E-state index contributed by atoms with van der Waals surface area (Å²) in [6.07, 6.45) is 2.16. The van der Waals surface area contributed by atoms with Gasteiger partial charge < -0.3 is 14.0 Å². The number of imidazole rings is 1. The van der Waals surface area contributed by atoms with Crippen LogP contribution >= 0.6 is 0 Å². The Labute approximate surface area is 451 Å². The molecule has 0 N–H and O–H groups in total. The zero-order valence-electron chi connectivity index (χ0n) is 41.0. The van der Waals surface area contributed by atoms with Crippen LogP contribution in [0, 0.1) is 12.1 Å². The maximum absolute atomic E-state index is 5.71. The molecular formula is C68H47N5PdSi. The summed E-state index contributed by atoms with van der Waals surface area (Å²) in [6.45, 7) is 0. The molecule has 0 bridgehead atoms. The Kier molecular flexibility index (Phi) is 11.5. The van der Waals surface area contributed by atoms with Crippen LogP contribution in [0.4, 0.5) is 17.1 Å². The number of hydrogen-bond acceptors (Lipinski definition) is 3. The molecule has 10 aromatic carbocycles. The van der Waals surface area contributed by atoms with Gasteiger partial charge in [0, 0.05) is 29.9 Å². The van der Waals surface area contributed by atoms with Gasteiger partial charge in [-0.3, -0.25) is 4.98 Å². The van der Waals surface area contributed by atoms with E-state index in [1.807, 2.05) is 6.07 Å². The summed E-state index contributed by atoms with van der Waals surface area (Å²) in [6, 6.07) is 102. The molecule has 14 rings (SSSR count). The number of nitrogens with zero attached hydrogens (tertiary/aromatic N) is 5.